The highest BCUT2D eigenvalue weighted by molar-refractivity contribution is 7.19. The molecule has 24 heavy (non-hydrogen) atoms. The molecule has 0 aromatic carbocycles. The van der Waals surface area contributed by atoms with E-state index in [0.717, 1.165) is 51.8 Å². The van der Waals surface area contributed by atoms with E-state index in [1.165, 1.54) is 48.1 Å². The van der Waals surface area contributed by atoms with Crippen LogP contribution >= 0.6 is 11.3 Å². The minimum atomic E-state index is 0.828. The molecule has 0 atom stereocenters. The van der Waals surface area contributed by atoms with Crippen LogP contribution in [0.1, 0.15) is 35.5 Å². The van der Waals surface area contributed by atoms with Gasteiger partial charge in [-0.05, 0) is 37.7 Å². The summed E-state index contributed by atoms with van der Waals surface area (Å²) in [6.07, 6.45) is 6.37. The Labute approximate surface area is 146 Å². The first-order valence-corrected chi connectivity index (χ1v) is 10.1. The second-order valence-corrected chi connectivity index (χ2v) is 8.17. The molecular formula is C18H24N4OS. The average molecular weight is 344 g/mol. The highest BCUT2D eigenvalue weighted by atomic mass is 32.1. The fourth-order valence-corrected chi connectivity index (χ4v) is 5.24. The van der Waals surface area contributed by atoms with Crippen molar-refractivity contribution in [1.29, 1.82) is 0 Å². The fourth-order valence-electron chi connectivity index (χ4n) is 3.97. The monoisotopic (exact) mass is 344 g/mol. The Morgan fingerprint density at radius 2 is 1.79 bits per heavy atom. The maximum absolute atomic E-state index is 5.46. The lowest BCUT2D eigenvalue weighted by molar-refractivity contribution is 0.0331. The van der Waals surface area contributed by atoms with Crippen molar-refractivity contribution >= 4 is 27.4 Å². The van der Waals surface area contributed by atoms with E-state index in [1.807, 2.05) is 11.3 Å². The van der Waals surface area contributed by atoms with Gasteiger partial charge in [0, 0.05) is 31.1 Å². The molecule has 6 heteroatoms. The molecule has 1 aliphatic carbocycles. The molecule has 0 spiro atoms. The second kappa shape index (κ2) is 6.24. The first-order chi connectivity index (χ1) is 11.9. The van der Waals surface area contributed by atoms with Gasteiger partial charge in [0.2, 0.25) is 0 Å². The molecule has 2 aromatic heterocycles. The van der Waals surface area contributed by atoms with Crippen LogP contribution in [0.15, 0.2) is 0 Å². The summed E-state index contributed by atoms with van der Waals surface area (Å²) in [6.45, 7) is 6.77. The van der Waals surface area contributed by atoms with Crippen LogP contribution in [-0.4, -0.2) is 54.3 Å². The Bertz CT molecular complexity index is 749. The van der Waals surface area contributed by atoms with E-state index >= 15 is 0 Å². The third-order valence-corrected chi connectivity index (χ3v) is 6.65. The van der Waals surface area contributed by atoms with E-state index in [0.29, 0.717) is 0 Å². The zero-order valence-corrected chi connectivity index (χ0v) is 14.9. The smallest absolute Gasteiger partial charge is 0.146 e. The minimum Gasteiger partial charge on any atom is -0.379 e. The van der Waals surface area contributed by atoms with Gasteiger partial charge in [0.15, 0.2) is 0 Å². The van der Waals surface area contributed by atoms with Gasteiger partial charge in [0.1, 0.15) is 16.5 Å². The number of ether oxygens (including phenoxy) is 1. The van der Waals surface area contributed by atoms with Crippen molar-refractivity contribution < 1.29 is 4.74 Å². The number of aryl methyl sites for hydroxylation is 2. The topological polar surface area (TPSA) is 41.5 Å². The summed E-state index contributed by atoms with van der Waals surface area (Å²) in [6, 6.07) is 0. The van der Waals surface area contributed by atoms with Crippen molar-refractivity contribution in [3.63, 3.8) is 0 Å². The highest BCUT2D eigenvalue weighted by Crippen LogP contribution is 2.40. The van der Waals surface area contributed by atoms with Gasteiger partial charge in [-0.25, -0.2) is 9.97 Å². The van der Waals surface area contributed by atoms with E-state index in [9.17, 15) is 0 Å². The number of nitrogens with zero attached hydrogens (tertiary/aromatic N) is 4. The Balaban J connectivity index is 1.56. The van der Waals surface area contributed by atoms with Gasteiger partial charge in [-0.1, -0.05) is 0 Å². The molecule has 0 bridgehead atoms. The number of morpholine rings is 1. The molecule has 0 unspecified atom stereocenters. The quantitative estimate of drug-likeness (QED) is 0.856. The maximum atomic E-state index is 5.46. The van der Waals surface area contributed by atoms with Gasteiger partial charge in [-0.15, -0.1) is 11.3 Å². The molecule has 3 aliphatic rings. The summed E-state index contributed by atoms with van der Waals surface area (Å²) >= 11 is 1.92. The van der Waals surface area contributed by atoms with Crippen LogP contribution in [0.3, 0.4) is 0 Å². The summed E-state index contributed by atoms with van der Waals surface area (Å²) in [4.78, 5) is 17.7. The van der Waals surface area contributed by atoms with Gasteiger partial charge >= 0.3 is 0 Å². The number of rotatable bonds is 3. The SMILES string of the molecule is C1CCc2c(sc3nc(CN4CCOCC4)nc(N4CCC4)c23)C1. The van der Waals surface area contributed by atoms with Gasteiger partial charge in [0.05, 0.1) is 25.1 Å². The Morgan fingerprint density at radius 3 is 2.58 bits per heavy atom. The third kappa shape index (κ3) is 2.61. The zero-order valence-electron chi connectivity index (χ0n) is 14.1. The lowest BCUT2D eigenvalue weighted by Crippen LogP contribution is -2.39. The van der Waals surface area contributed by atoms with Gasteiger partial charge in [-0.3, -0.25) is 4.90 Å². The van der Waals surface area contributed by atoms with Crippen molar-refractivity contribution in [2.75, 3.05) is 44.3 Å². The molecule has 2 fully saturated rings. The predicted molar refractivity (Wildman–Crippen MR) is 97.0 cm³/mol. The Kier molecular flexibility index (Phi) is 3.91. The Hall–Kier alpha value is -1.24. The highest BCUT2D eigenvalue weighted by Gasteiger charge is 2.26. The Morgan fingerprint density at radius 1 is 0.958 bits per heavy atom. The summed E-state index contributed by atoms with van der Waals surface area (Å²) in [5.41, 5.74) is 1.56. The van der Waals surface area contributed by atoms with Crippen molar-refractivity contribution in [3.05, 3.63) is 16.3 Å². The number of anilines is 1. The van der Waals surface area contributed by atoms with E-state index in [4.69, 9.17) is 14.7 Å². The second-order valence-electron chi connectivity index (χ2n) is 7.08. The largest absolute Gasteiger partial charge is 0.379 e. The van der Waals surface area contributed by atoms with Gasteiger partial charge < -0.3 is 9.64 Å². The molecule has 0 saturated carbocycles. The lowest BCUT2D eigenvalue weighted by Gasteiger charge is -2.33. The van der Waals surface area contributed by atoms with Crippen LogP contribution in [-0.2, 0) is 24.1 Å². The van der Waals surface area contributed by atoms with Crippen LogP contribution in [0.2, 0.25) is 0 Å². The first kappa shape index (κ1) is 15.0. The summed E-state index contributed by atoms with van der Waals surface area (Å²) in [7, 11) is 0. The minimum absolute atomic E-state index is 0.828. The number of hydrogen-bond donors (Lipinski definition) is 0. The summed E-state index contributed by atoms with van der Waals surface area (Å²) in [5, 5.41) is 1.38. The number of aromatic nitrogens is 2. The van der Waals surface area contributed by atoms with Crippen molar-refractivity contribution in [2.45, 2.75) is 38.6 Å². The zero-order chi connectivity index (χ0) is 15.9. The standard InChI is InChI=1S/C18H24N4OS/c1-2-5-14-13(4-1)16-17(22-6-3-7-22)19-15(20-18(16)24-14)12-21-8-10-23-11-9-21/h1-12H2. The molecule has 0 amide bonds. The number of fused-ring (bicyclic) bond motifs is 3. The van der Waals surface area contributed by atoms with Gasteiger partial charge in [0.25, 0.3) is 0 Å². The van der Waals surface area contributed by atoms with Crippen molar-refractivity contribution in [1.82, 2.24) is 14.9 Å². The van der Waals surface area contributed by atoms with E-state index in [-0.39, 0.29) is 0 Å². The summed E-state index contributed by atoms with van der Waals surface area (Å²) < 4.78 is 5.46. The molecule has 5 nitrogen and oxygen atoms in total. The summed E-state index contributed by atoms with van der Waals surface area (Å²) in [5.74, 6) is 2.21. The van der Waals surface area contributed by atoms with Crippen LogP contribution in [0.5, 0.6) is 0 Å². The third-order valence-electron chi connectivity index (χ3n) is 5.47. The van der Waals surface area contributed by atoms with Crippen LogP contribution in [0, 0.1) is 0 Å². The maximum Gasteiger partial charge on any atom is 0.146 e. The van der Waals surface area contributed by atoms with Crippen molar-refractivity contribution in [3.8, 4) is 0 Å². The predicted octanol–water partition coefficient (Wildman–Crippen LogP) is 2.61. The number of thiophene rings is 1. The first-order valence-electron chi connectivity index (χ1n) is 9.25. The molecule has 2 aliphatic heterocycles. The van der Waals surface area contributed by atoms with Gasteiger partial charge in [-0.2, -0.15) is 0 Å². The van der Waals surface area contributed by atoms with Crippen LogP contribution < -0.4 is 4.90 Å². The van der Waals surface area contributed by atoms with E-state index in [1.54, 1.807) is 10.4 Å². The molecule has 4 heterocycles. The van der Waals surface area contributed by atoms with Crippen LogP contribution in [0.25, 0.3) is 10.2 Å². The number of hydrogen-bond acceptors (Lipinski definition) is 6. The molecule has 2 saturated heterocycles. The van der Waals surface area contributed by atoms with E-state index in [2.05, 4.69) is 9.80 Å². The molecule has 128 valence electrons. The van der Waals surface area contributed by atoms with Crippen LogP contribution in [0.4, 0.5) is 5.82 Å². The van der Waals surface area contributed by atoms with E-state index < -0.39 is 0 Å². The molecule has 2 aromatic rings. The molecule has 0 radical (unpaired) electrons. The van der Waals surface area contributed by atoms with Crippen molar-refractivity contribution in [2.24, 2.45) is 0 Å². The molecule has 0 N–H and O–H groups in total. The average Bonchev–Trinajstić information content (AvgIpc) is 2.92. The lowest BCUT2D eigenvalue weighted by atomic mass is 9.96. The molecule has 5 rings (SSSR count). The normalized spacial score (nSPS) is 21.8. The fraction of sp³-hybridized carbons (Fsp3) is 0.667. The molecular weight excluding hydrogens is 320 g/mol.